The molecule has 1 aromatic heterocycles. The minimum atomic E-state index is -0.731. The smallest absolute Gasteiger partial charge is 0.343 e. The van der Waals surface area contributed by atoms with Crippen LogP contribution in [-0.4, -0.2) is 35.1 Å². The number of halogens is 1. The number of aliphatic hydroxyl groups excluding tert-OH is 1. The number of nitrogens with one attached hydrogen (secondary N) is 2. The van der Waals surface area contributed by atoms with E-state index in [0.29, 0.717) is 12.1 Å². The van der Waals surface area contributed by atoms with Gasteiger partial charge in [-0.3, -0.25) is 9.78 Å². The molecule has 7 nitrogen and oxygen atoms in total. The highest BCUT2D eigenvalue weighted by molar-refractivity contribution is 6.13. The Hall–Kier alpha value is -3.42. The first kappa shape index (κ1) is 23.9. The van der Waals surface area contributed by atoms with Crippen molar-refractivity contribution in [3.05, 3.63) is 84.2 Å². The molecule has 0 aliphatic heterocycles. The molecule has 2 aromatic carbocycles. The average Bonchev–Trinajstić information content (AvgIpc) is 2.82. The number of aliphatic hydroxyl groups is 1. The van der Waals surface area contributed by atoms with Crippen LogP contribution in [0.15, 0.2) is 73.1 Å². The zero-order chi connectivity index (χ0) is 22.5. The van der Waals surface area contributed by atoms with Crippen LogP contribution < -0.4 is 10.6 Å². The molecule has 0 unspecified atom stereocenters. The van der Waals surface area contributed by atoms with E-state index < -0.39 is 5.97 Å². The predicted molar refractivity (Wildman–Crippen MR) is 120 cm³/mol. The molecule has 0 spiro atoms. The SMILES string of the molecule is CCO.O=C(CNC(=O)c1ccc(NCc2cccnc2)cc1-c1ccccc1)OCl. The topological polar surface area (TPSA) is 101 Å². The lowest BCUT2D eigenvalue weighted by Gasteiger charge is -2.13. The van der Waals surface area contributed by atoms with E-state index >= 15 is 0 Å². The third kappa shape index (κ3) is 7.73. The van der Waals surface area contributed by atoms with Gasteiger partial charge in [-0.15, -0.1) is 0 Å². The lowest BCUT2D eigenvalue weighted by molar-refractivity contribution is -0.132. The maximum Gasteiger partial charge on any atom is 0.343 e. The molecular weight excluding hydrogens is 418 g/mol. The Morgan fingerprint density at radius 1 is 1.10 bits per heavy atom. The quantitative estimate of drug-likeness (QED) is 0.515. The van der Waals surface area contributed by atoms with Crippen LogP contribution in [0.4, 0.5) is 5.69 Å². The first-order chi connectivity index (χ1) is 15.1. The molecule has 0 aliphatic rings. The summed E-state index contributed by atoms with van der Waals surface area (Å²) in [6.07, 6.45) is 3.52. The molecule has 1 amide bonds. The maximum atomic E-state index is 12.6. The maximum absolute atomic E-state index is 12.6. The molecule has 0 saturated carbocycles. The van der Waals surface area contributed by atoms with Crippen LogP contribution in [0, 0.1) is 0 Å². The third-order valence-electron chi connectivity index (χ3n) is 4.05. The van der Waals surface area contributed by atoms with Crippen LogP contribution in [0.25, 0.3) is 11.1 Å². The van der Waals surface area contributed by atoms with Crippen LogP contribution in [0.1, 0.15) is 22.8 Å². The van der Waals surface area contributed by atoms with Gasteiger partial charge in [-0.05, 0) is 47.9 Å². The molecule has 162 valence electrons. The predicted octanol–water partition coefficient (Wildman–Crippen LogP) is 3.79. The van der Waals surface area contributed by atoms with Crippen LogP contribution in [0.2, 0.25) is 0 Å². The van der Waals surface area contributed by atoms with Crippen molar-refractivity contribution < 1.29 is 19.0 Å². The van der Waals surface area contributed by atoms with Gasteiger partial charge in [-0.25, -0.2) is 4.79 Å². The normalized spacial score (nSPS) is 9.77. The lowest BCUT2D eigenvalue weighted by Crippen LogP contribution is -2.30. The molecule has 3 rings (SSSR count). The van der Waals surface area contributed by atoms with E-state index in [0.717, 1.165) is 22.4 Å². The van der Waals surface area contributed by atoms with E-state index in [1.165, 1.54) is 0 Å². The number of hydrogen-bond donors (Lipinski definition) is 3. The van der Waals surface area contributed by atoms with E-state index in [1.807, 2.05) is 54.6 Å². The monoisotopic (exact) mass is 441 g/mol. The molecular formula is C23H24ClN3O4. The van der Waals surface area contributed by atoms with Gasteiger partial charge < -0.3 is 20.0 Å². The molecule has 0 radical (unpaired) electrons. The Balaban J connectivity index is 0.00000107. The number of rotatable bonds is 7. The number of hydrogen-bond acceptors (Lipinski definition) is 6. The standard InChI is InChI=1S/C21H18ClN3O3.C2H6O/c22-28-20(26)14-25-21(27)18-9-8-17(24-13-15-5-4-10-23-12-15)11-19(18)16-6-2-1-3-7-16;1-2-3/h1-12,24H,13-14H2,(H,25,27);3H,2H2,1H3. The van der Waals surface area contributed by atoms with Crippen molar-refractivity contribution in [1.29, 1.82) is 0 Å². The molecule has 0 aliphatic carbocycles. The van der Waals surface area contributed by atoms with Gasteiger partial charge in [0.2, 0.25) is 0 Å². The summed E-state index contributed by atoms with van der Waals surface area (Å²) in [4.78, 5) is 27.9. The fourth-order valence-corrected chi connectivity index (χ4v) is 2.75. The summed E-state index contributed by atoms with van der Waals surface area (Å²) >= 11 is 5.00. The molecule has 31 heavy (non-hydrogen) atoms. The molecule has 1 heterocycles. The zero-order valence-electron chi connectivity index (χ0n) is 17.0. The Kier molecular flexibility index (Phi) is 10.0. The highest BCUT2D eigenvalue weighted by atomic mass is 35.5. The summed E-state index contributed by atoms with van der Waals surface area (Å²) in [5, 5.41) is 13.4. The highest BCUT2D eigenvalue weighted by Crippen LogP contribution is 2.27. The van der Waals surface area contributed by atoms with Gasteiger partial charge in [0.05, 0.1) is 0 Å². The summed E-state index contributed by atoms with van der Waals surface area (Å²) in [7, 11) is 0. The summed E-state index contributed by atoms with van der Waals surface area (Å²) in [6.45, 7) is 2.23. The second-order valence-electron chi connectivity index (χ2n) is 6.29. The Labute approximate surface area is 186 Å². The van der Waals surface area contributed by atoms with Crippen molar-refractivity contribution in [1.82, 2.24) is 10.3 Å². The Morgan fingerprint density at radius 3 is 2.48 bits per heavy atom. The highest BCUT2D eigenvalue weighted by Gasteiger charge is 2.15. The van der Waals surface area contributed by atoms with Gasteiger partial charge in [-0.2, -0.15) is 0 Å². The number of aromatic nitrogens is 1. The van der Waals surface area contributed by atoms with Gasteiger partial charge in [0.1, 0.15) is 18.4 Å². The summed E-state index contributed by atoms with van der Waals surface area (Å²) in [5.41, 5.74) is 3.98. The van der Waals surface area contributed by atoms with E-state index in [4.69, 9.17) is 17.0 Å². The van der Waals surface area contributed by atoms with Gasteiger partial charge in [-0.1, -0.05) is 36.4 Å². The minimum absolute atomic E-state index is 0.250. The van der Waals surface area contributed by atoms with Gasteiger partial charge in [0.25, 0.3) is 5.91 Å². The summed E-state index contributed by atoms with van der Waals surface area (Å²) in [6, 6.07) is 18.8. The van der Waals surface area contributed by atoms with Crippen LogP contribution in [0.5, 0.6) is 0 Å². The van der Waals surface area contributed by atoms with Crippen molar-refractivity contribution in [2.24, 2.45) is 0 Å². The number of carbonyl (C=O) groups is 2. The average molecular weight is 442 g/mol. The Morgan fingerprint density at radius 2 is 1.84 bits per heavy atom. The van der Waals surface area contributed by atoms with Crippen LogP contribution in [-0.2, 0) is 15.6 Å². The zero-order valence-corrected chi connectivity index (χ0v) is 17.8. The molecule has 0 fully saturated rings. The van der Waals surface area contributed by atoms with Crippen LogP contribution in [0.3, 0.4) is 0 Å². The first-order valence-electron chi connectivity index (χ1n) is 9.61. The van der Waals surface area contributed by atoms with Crippen molar-refractivity contribution >= 4 is 29.4 Å². The van der Waals surface area contributed by atoms with Gasteiger partial charge >= 0.3 is 5.97 Å². The molecule has 3 aromatic rings. The van der Waals surface area contributed by atoms with Crippen molar-refractivity contribution in [3.8, 4) is 11.1 Å². The van der Waals surface area contributed by atoms with Crippen molar-refractivity contribution in [3.63, 3.8) is 0 Å². The lowest BCUT2D eigenvalue weighted by atomic mass is 9.98. The third-order valence-corrected chi connectivity index (χ3v) is 4.22. The molecule has 3 N–H and O–H groups in total. The fourth-order valence-electron chi connectivity index (χ4n) is 2.69. The van der Waals surface area contributed by atoms with E-state index in [9.17, 15) is 9.59 Å². The number of anilines is 1. The molecule has 0 saturated heterocycles. The largest absolute Gasteiger partial charge is 0.397 e. The van der Waals surface area contributed by atoms with Gasteiger partial charge in [0, 0.05) is 36.8 Å². The molecule has 0 bridgehead atoms. The number of carbonyl (C=O) groups excluding carboxylic acids is 2. The van der Waals surface area contributed by atoms with Crippen molar-refractivity contribution in [2.75, 3.05) is 18.5 Å². The molecule has 0 atom stereocenters. The van der Waals surface area contributed by atoms with E-state index in [1.54, 1.807) is 25.4 Å². The number of benzene rings is 2. The number of pyridine rings is 1. The molecule has 8 heteroatoms. The number of amides is 1. The van der Waals surface area contributed by atoms with E-state index in [-0.39, 0.29) is 19.1 Å². The second-order valence-corrected chi connectivity index (χ2v) is 6.44. The summed E-state index contributed by atoms with van der Waals surface area (Å²) in [5.74, 6) is -1.12. The van der Waals surface area contributed by atoms with E-state index in [2.05, 4.69) is 19.9 Å². The minimum Gasteiger partial charge on any atom is -0.397 e. The fraction of sp³-hybridized carbons (Fsp3) is 0.174. The Bertz CT molecular complexity index is 969. The van der Waals surface area contributed by atoms with Gasteiger partial charge in [0.15, 0.2) is 0 Å². The second kappa shape index (κ2) is 13.0. The number of nitrogens with zero attached hydrogens (tertiary/aromatic N) is 1. The van der Waals surface area contributed by atoms with Crippen LogP contribution >= 0.6 is 11.9 Å². The van der Waals surface area contributed by atoms with Crippen molar-refractivity contribution in [2.45, 2.75) is 13.5 Å². The summed E-state index contributed by atoms with van der Waals surface area (Å²) < 4.78 is 4.05. The first-order valence-corrected chi connectivity index (χ1v) is 9.92.